The van der Waals surface area contributed by atoms with Gasteiger partial charge in [0.1, 0.15) is 5.69 Å². The minimum Gasteiger partial charge on any atom is -0.321 e. The molecule has 9 heteroatoms. The Balaban J connectivity index is 2.22. The highest BCUT2D eigenvalue weighted by Crippen LogP contribution is 2.13. The van der Waals surface area contributed by atoms with Gasteiger partial charge >= 0.3 is 0 Å². The first-order valence-corrected chi connectivity index (χ1v) is 8.27. The lowest BCUT2D eigenvalue weighted by molar-refractivity contribution is 0.101. The normalized spacial score (nSPS) is 11.5. The van der Waals surface area contributed by atoms with Crippen molar-refractivity contribution < 1.29 is 13.2 Å². The molecule has 0 atom stereocenters. The molecule has 0 bridgehead atoms. The number of sulfonamides is 1. The Bertz CT molecular complexity index is 886. The zero-order valence-corrected chi connectivity index (χ0v) is 13.4. The molecular formula is C14H16N4O4S. The Kier molecular flexibility index (Phi) is 4.62. The molecule has 0 saturated heterocycles. The summed E-state index contributed by atoms with van der Waals surface area (Å²) in [6.07, 6.45) is 0. The lowest BCUT2D eigenvalue weighted by atomic mass is 10.3. The Labute approximate surface area is 133 Å². The van der Waals surface area contributed by atoms with Crippen molar-refractivity contribution >= 4 is 21.6 Å². The minimum atomic E-state index is -3.78. The Hall–Kier alpha value is -2.52. The van der Waals surface area contributed by atoms with Crippen LogP contribution < -0.4 is 16.0 Å². The number of hydrogen-bond donors (Lipinski definition) is 2. The predicted octanol–water partition coefficient (Wildman–Crippen LogP) is 0.724. The summed E-state index contributed by atoms with van der Waals surface area (Å²) < 4.78 is 23.5. The van der Waals surface area contributed by atoms with Crippen LogP contribution in [0.3, 0.4) is 0 Å². The van der Waals surface area contributed by atoms with Crippen LogP contribution in [0.5, 0.6) is 0 Å². The van der Waals surface area contributed by atoms with Crippen LogP contribution in [0, 0.1) is 0 Å². The maximum atomic E-state index is 12.2. The highest BCUT2D eigenvalue weighted by Gasteiger charge is 2.12. The van der Waals surface area contributed by atoms with E-state index in [1.807, 2.05) is 0 Å². The molecule has 3 N–H and O–H groups in total. The Morgan fingerprint density at radius 2 is 1.78 bits per heavy atom. The van der Waals surface area contributed by atoms with Gasteiger partial charge < -0.3 is 5.32 Å². The van der Waals surface area contributed by atoms with Gasteiger partial charge in [-0.1, -0.05) is 0 Å². The lowest BCUT2D eigenvalue weighted by Gasteiger charge is -2.10. The number of anilines is 1. The first-order chi connectivity index (χ1) is 10.7. The van der Waals surface area contributed by atoms with Crippen molar-refractivity contribution in [3.05, 3.63) is 52.4 Å². The van der Waals surface area contributed by atoms with Crippen molar-refractivity contribution in [2.24, 2.45) is 5.14 Å². The van der Waals surface area contributed by atoms with Gasteiger partial charge in [0.25, 0.3) is 11.5 Å². The van der Waals surface area contributed by atoms with Gasteiger partial charge in [-0.25, -0.2) is 18.2 Å². The summed E-state index contributed by atoms with van der Waals surface area (Å²) in [5, 5.41) is 11.6. The van der Waals surface area contributed by atoms with Gasteiger partial charge in [-0.05, 0) is 44.2 Å². The van der Waals surface area contributed by atoms with E-state index in [9.17, 15) is 18.0 Å². The van der Waals surface area contributed by atoms with Gasteiger partial charge in [0.15, 0.2) is 0 Å². The third kappa shape index (κ3) is 4.02. The van der Waals surface area contributed by atoms with Crippen LogP contribution in [0.1, 0.15) is 30.4 Å². The zero-order valence-electron chi connectivity index (χ0n) is 12.6. The number of primary sulfonamides is 1. The summed E-state index contributed by atoms with van der Waals surface area (Å²) in [4.78, 5) is 23.7. The summed E-state index contributed by atoms with van der Waals surface area (Å²) in [6, 6.07) is 7.82. The fourth-order valence-corrected chi connectivity index (χ4v) is 2.35. The summed E-state index contributed by atoms with van der Waals surface area (Å²) in [6.45, 7) is 3.56. The molecule has 0 fully saturated rings. The summed E-state index contributed by atoms with van der Waals surface area (Å²) in [5.74, 6) is -0.511. The molecule has 23 heavy (non-hydrogen) atoms. The number of carbonyl (C=O) groups is 1. The zero-order chi connectivity index (χ0) is 17.2. The van der Waals surface area contributed by atoms with Crippen molar-refractivity contribution in [1.29, 1.82) is 0 Å². The fraction of sp³-hybridized carbons (Fsp3) is 0.214. The molecule has 1 aromatic heterocycles. The van der Waals surface area contributed by atoms with Gasteiger partial charge in [0.05, 0.1) is 10.9 Å². The van der Waals surface area contributed by atoms with E-state index in [1.165, 1.54) is 41.1 Å². The van der Waals surface area contributed by atoms with Gasteiger partial charge in [0.2, 0.25) is 10.0 Å². The molecule has 1 aromatic carbocycles. The van der Waals surface area contributed by atoms with E-state index in [-0.39, 0.29) is 22.2 Å². The van der Waals surface area contributed by atoms with Crippen LogP contribution in [0.15, 0.2) is 46.1 Å². The number of amides is 1. The topological polar surface area (TPSA) is 124 Å². The van der Waals surface area contributed by atoms with Crippen LogP contribution in [0.2, 0.25) is 0 Å². The number of rotatable bonds is 4. The molecule has 0 spiro atoms. The van der Waals surface area contributed by atoms with Gasteiger partial charge in [0, 0.05) is 11.8 Å². The van der Waals surface area contributed by atoms with Gasteiger partial charge in [-0.3, -0.25) is 9.59 Å². The number of nitrogens with two attached hydrogens (primary N) is 1. The molecule has 2 rings (SSSR count). The summed E-state index contributed by atoms with van der Waals surface area (Å²) in [7, 11) is -3.78. The third-order valence-electron chi connectivity index (χ3n) is 2.99. The molecule has 0 saturated carbocycles. The first-order valence-electron chi connectivity index (χ1n) is 6.72. The minimum absolute atomic E-state index is 0.0537. The first kappa shape index (κ1) is 16.8. The standard InChI is InChI=1S/C14H16N4O4S/c1-9(2)18-13(19)8-7-12(17-18)14(20)16-10-3-5-11(6-4-10)23(15,21)22/h3-9H,1-2H3,(H,16,20)(H2,15,21,22). The average Bonchev–Trinajstić information content (AvgIpc) is 2.47. The van der Waals surface area contributed by atoms with Gasteiger partial charge in [-0.2, -0.15) is 5.10 Å². The monoisotopic (exact) mass is 336 g/mol. The maximum Gasteiger partial charge on any atom is 0.276 e. The molecule has 2 aromatic rings. The van der Waals surface area contributed by atoms with Crippen molar-refractivity contribution in [2.75, 3.05) is 5.32 Å². The highest BCUT2D eigenvalue weighted by molar-refractivity contribution is 7.89. The highest BCUT2D eigenvalue weighted by atomic mass is 32.2. The second kappa shape index (κ2) is 6.31. The second-order valence-electron chi connectivity index (χ2n) is 5.12. The molecule has 8 nitrogen and oxygen atoms in total. The molecule has 0 unspecified atom stereocenters. The molecule has 0 aliphatic heterocycles. The predicted molar refractivity (Wildman–Crippen MR) is 84.7 cm³/mol. The molecule has 0 aliphatic rings. The van der Waals surface area contributed by atoms with Crippen molar-refractivity contribution in [1.82, 2.24) is 9.78 Å². The molecule has 0 aliphatic carbocycles. The van der Waals surface area contributed by atoms with Crippen molar-refractivity contribution in [3.63, 3.8) is 0 Å². The maximum absolute atomic E-state index is 12.2. The van der Waals surface area contributed by atoms with E-state index >= 15 is 0 Å². The van der Waals surface area contributed by atoms with Crippen molar-refractivity contribution in [2.45, 2.75) is 24.8 Å². The molecule has 1 heterocycles. The molecule has 1 amide bonds. The van der Waals surface area contributed by atoms with E-state index in [4.69, 9.17) is 5.14 Å². The molecule has 0 radical (unpaired) electrons. The van der Waals surface area contributed by atoms with E-state index < -0.39 is 15.9 Å². The quantitative estimate of drug-likeness (QED) is 0.851. The van der Waals surface area contributed by atoms with Crippen LogP contribution in [-0.2, 0) is 10.0 Å². The van der Waals surface area contributed by atoms with E-state index in [2.05, 4.69) is 10.4 Å². The average molecular weight is 336 g/mol. The summed E-state index contributed by atoms with van der Waals surface area (Å²) >= 11 is 0. The number of benzene rings is 1. The number of nitrogens with one attached hydrogen (secondary N) is 1. The van der Waals surface area contributed by atoms with Gasteiger partial charge in [-0.15, -0.1) is 0 Å². The Morgan fingerprint density at radius 3 is 2.30 bits per heavy atom. The fourth-order valence-electron chi connectivity index (χ4n) is 1.84. The number of carbonyl (C=O) groups excluding carboxylic acids is 1. The smallest absolute Gasteiger partial charge is 0.276 e. The Morgan fingerprint density at radius 1 is 1.17 bits per heavy atom. The van der Waals surface area contributed by atoms with Crippen LogP contribution in [-0.4, -0.2) is 24.1 Å². The number of nitrogens with zero attached hydrogens (tertiary/aromatic N) is 2. The van der Waals surface area contributed by atoms with Crippen LogP contribution in [0.25, 0.3) is 0 Å². The second-order valence-corrected chi connectivity index (χ2v) is 6.68. The largest absolute Gasteiger partial charge is 0.321 e. The van der Waals surface area contributed by atoms with Crippen LogP contribution >= 0.6 is 0 Å². The van der Waals surface area contributed by atoms with E-state index in [0.29, 0.717) is 5.69 Å². The number of hydrogen-bond acceptors (Lipinski definition) is 5. The van der Waals surface area contributed by atoms with E-state index in [0.717, 1.165) is 0 Å². The number of aromatic nitrogens is 2. The van der Waals surface area contributed by atoms with Crippen LogP contribution in [0.4, 0.5) is 5.69 Å². The van der Waals surface area contributed by atoms with E-state index in [1.54, 1.807) is 13.8 Å². The SMILES string of the molecule is CC(C)n1nc(C(=O)Nc2ccc(S(N)(=O)=O)cc2)ccc1=O. The lowest BCUT2D eigenvalue weighted by Crippen LogP contribution is -2.27. The van der Waals surface area contributed by atoms with Crippen molar-refractivity contribution in [3.8, 4) is 0 Å². The third-order valence-corrected chi connectivity index (χ3v) is 3.92. The molecule has 122 valence electrons. The molecular weight excluding hydrogens is 320 g/mol. The summed E-state index contributed by atoms with van der Waals surface area (Å²) in [5.41, 5.74) is 0.161.